The lowest BCUT2D eigenvalue weighted by atomic mass is 10.0. The zero-order valence-electron chi connectivity index (χ0n) is 10.2. The van der Waals surface area contributed by atoms with E-state index in [1.807, 2.05) is 6.92 Å². The minimum Gasteiger partial charge on any atom is -0.380 e. The Morgan fingerprint density at radius 3 is 2.44 bits per heavy atom. The van der Waals surface area contributed by atoms with Crippen molar-refractivity contribution in [1.29, 1.82) is 0 Å². The Labute approximate surface area is 96.8 Å². The van der Waals surface area contributed by atoms with Crippen molar-refractivity contribution in [3.63, 3.8) is 0 Å². The number of nitrogens with one attached hydrogen (secondary N) is 1. The molecule has 0 spiro atoms. The fourth-order valence-corrected chi connectivity index (χ4v) is 1.66. The lowest BCUT2D eigenvalue weighted by molar-refractivity contribution is 0.0830. The molecule has 1 N–H and O–H groups in total. The highest BCUT2D eigenvalue weighted by atomic mass is 19.1. The fourth-order valence-electron chi connectivity index (χ4n) is 1.66. The van der Waals surface area contributed by atoms with Crippen LogP contribution in [0.2, 0.25) is 0 Å². The summed E-state index contributed by atoms with van der Waals surface area (Å²) in [6, 6.07) is 6.69. The van der Waals surface area contributed by atoms with Crippen molar-refractivity contribution in [2.24, 2.45) is 0 Å². The summed E-state index contributed by atoms with van der Waals surface area (Å²) in [4.78, 5) is 0. The summed E-state index contributed by atoms with van der Waals surface area (Å²) in [5, 5.41) is 3.41. The van der Waals surface area contributed by atoms with Crippen molar-refractivity contribution < 1.29 is 9.13 Å². The molecule has 2 unspecified atom stereocenters. The third-order valence-corrected chi connectivity index (χ3v) is 2.68. The molecule has 2 nitrogen and oxygen atoms in total. The second kappa shape index (κ2) is 6.61. The lowest BCUT2D eigenvalue weighted by Gasteiger charge is -2.24. The summed E-state index contributed by atoms with van der Waals surface area (Å²) >= 11 is 0. The predicted octanol–water partition coefficient (Wildman–Crippen LogP) is 2.90. The van der Waals surface area contributed by atoms with E-state index in [1.165, 1.54) is 12.1 Å². The van der Waals surface area contributed by atoms with Gasteiger partial charge in [-0.15, -0.1) is 0 Å². The molecule has 0 saturated carbocycles. The van der Waals surface area contributed by atoms with Gasteiger partial charge >= 0.3 is 0 Å². The van der Waals surface area contributed by atoms with Crippen LogP contribution >= 0.6 is 0 Å². The number of methoxy groups -OCH3 is 1. The topological polar surface area (TPSA) is 21.3 Å². The molecule has 0 heterocycles. The van der Waals surface area contributed by atoms with Crippen LogP contribution in [0.3, 0.4) is 0 Å². The number of rotatable bonds is 6. The number of halogens is 1. The second-order valence-corrected chi connectivity index (χ2v) is 3.92. The predicted molar refractivity (Wildman–Crippen MR) is 63.9 cm³/mol. The molecular weight excluding hydrogens is 205 g/mol. The smallest absolute Gasteiger partial charge is 0.123 e. The average molecular weight is 225 g/mol. The molecule has 0 fully saturated rings. The van der Waals surface area contributed by atoms with Crippen LogP contribution < -0.4 is 5.32 Å². The van der Waals surface area contributed by atoms with E-state index in [0.717, 1.165) is 18.5 Å². The van der Waals surface area contributed by atoms with Gasteiger partial charge in [0.05, 0.1) is 12.1 Å². The number of ether oxygens (including phenoxy) is 1. The molecule has 0 amide bonds. The normalized spacial score (nSPS) is 14.8. The van der Waals surface area contributed by atoms with Crippen LogP contribution in [-0.4, -0.2) is 19.8 Å². The SMILES string of the molecule is CCCNC(c1ccc(F)cc1)C(C)OC. The van der Waals surface area contributed by atoms with Crippen molar-refractivity contribution in [3.8, 4) is 0 Å². The van der Waals surface area contributed by atoms with Gasteiger partial charge in [0.25, 0.3) is 0 Å². The van der Waals surface area contributed by atoms with Gasteiger partial charge in [0.15, 0.2) is 0 Å². The van der Waals surface area contributed by atoms with E-state index < -0.39 is 0 Å². The first-order chi connectivity index (χ1) is 7.69. The zero-order valence-corrected chi connectivity index (χ0v) is 10.2. The van der Waals surface area contributed by atoms with E-state index in [1.54, 1.807) is 19.2 Å². The van der Waals surface area contributed by atoms with Gasteiger partial charge in [-0.2, -0.15) is 0 Å². The van der Waals surface area contributed by atoms with Gasteiger partial charge in [-0.05, 0) is 37.6 Å². The fraction of sp³-hybridized carbons (Fsp3) is 0.538. The third-order valence-electron chi connectivity index (χ3n) is 2.68. The minimum absolute atomic E-state index is 0.0667. The van der Waals surface area contributed by atoms with Gasteiger partial charge in [0.2, 0.25) is 0 Å². The molecule has 3 heteroatoms. The maximum Gasteiger partial charge on any atom is 0.123 e. The van der Waals surface area contributed by atoms with Gasteiger partial charge < -0.3 is 10.1 Å². The molecule has 0 saturated heterocycles. The molecule has 16 heavy (non-hydrogen) atoms. The quantitative estimate of drug-likeness (QED) is 0.803. The van der Waals surface area contributed by atoms with Crippen molar-refractivity contribution >= 4 is 0 Å². The van der Waals surface area contributed by atoms with Crippen LogP contribution in [0.1, 0.15) is 31.9 Å². The molecule has 1 aromatic rings. The Balaban J connectivity index is 2.78. The van der Waals surface area contributed by atoms with Gasteiger partial charge in [-0.3, -0.25) is 0 Å². The highest BCUT2D eigenvalue weighted by Crippen LogP contribution is 2.19. The summed E-state index contributed by atoms with van der Waals surface area (Å²) in [5.41, 5.74) is 1.06. The molecule has 1 rings (SSSR count). The van der Waals surface area contributed by atoms with Crippen LogP contribution in [0.25, 0.3) is 0 Å². The van der Waals surface area contributed by atoms with E-state index >= 15 is 0 Å². The Kier molecular flexibility index (Phi) is 5.43. The van der Waals surface area contributed by atoms with E-state index in [0.29, 0.717) is 0 Å². The molecule has 2 atom stereocenters. The lowest BCUT2D eigenvalue weighted by Crippen LogP contribution is -2.31. The first-order valence-corrected chi connectivity index (χ1v) is 5.70. The van der Waals surface area contributed by atoms with E-state index in [2.05, 4.69) is 12.2 Å². The summed E-state index contributed by atoms with van der Waals surface area (Å²) in [7, 11) is 1.69. The van der Waals surface area contributed by atoms with Gasteiger partial charge in [0.1, 0.15) is 5.82 Å². The van der Waals surface area contributed by atoms with E-state index in [4.69, 9.17) is 4.74 Å². The standard InChI is InChI=1S/C13H20FNO/c1-4-9-15-13(10(2)16-3)11-5-7-12(14)8-6-11/h5-8,10,13,15H,4,9H2,1-3H3. The zero-order chi connectivity index (χ0) is 12.0. The molecule has 0 aliphatic heterocycles. The molecule has 0 bridgehead atoms. The largest absolute Gasteiger partial charge is 0.380 e. The maximum atomic E-state index is 12.8. The summed E-state index contributed by atoms with van der Waals surface area (Å²) in [5.74, 6) is -0.205. The van der Waals surface area contributed by atoms with Crippen LogP contribution in [0.5, 0.6) is 0 Å². The summed E-state index contributed by atoms with van der Waals surface area (Å²) < 4.78 is 18.2. The minimum atomic E-state index is -0.205. The second-order valence-electron chi connectivity index (χ2n) is 3.92. The van der Waals surface area contributed by atoms with Crippen LogP contribution in [0.15, 0.2) is 24.3 Å². The van der Waals surface area contributed by atoms with Crippen molar-refractivity contribution in [2.45, 2.75) is 32.4 Å². The van der Waals surface area contributed by atoms with Crippen molar-refractivity contribution in [1.82, 2.24) is 5.32 Å². The van der Waals surface area contributed by atoms with Crippen molar-refractivity contribution in [2.75, 3.05) is 13.7 Å². The highest BCUT2D eigenvalue weighted by Gasteiger charge is 2.17. The molecule has 0 aromatic heterocycles. The van der Waals surface area contributed by atoms with Crippen molar-refractivity contribution in [3.05, 3.63) is 35.6 Å². The maximum absolute atomic E-state index is 12.8. The Morgan fingerprint density at radius 1 is 1.31 bits per heavy atom. The molecule has 0 aliphatic carbocycles. The molecule has 90 valence electrons. The van der Waals surface area contributed by atoms with Gasteiger partial charge in [0, 0.05) is 7.11 Å². The van der Waals surface area contributed by atoms with Gasteiger partial charge in [-0.1, -0.05) is 19.1 Å². The molecule has 1 aromatic carbocycles. The van der Waals surface area contributed by atoms with E-state index in [9.17, 15) is 4.39 Å². The Morgan fingerprint density at radius 2 is 1.94 bits per heavy atom. The highest BCUT2D eigenvalue weighted by molar-refractivity contribution is 5.20. The average Bonchev–Trinajstić information content (AvgIpc) is 2.31. The van der Waals surface area contributed by atoms with Crippen LogP contribution in [-0.2, 0) is 4.74 Å². The first-order valence-electron chi connectivity index (χ1n) is 5.70. The number of benzene rings is 1. The third kappa shape index (κ3) is 3.58. The van der Waals surface area contributed by atoms with Gasteiger partial charge in [-0.25, -0.2) is 4.39 Å². The van der Waals surface area contributed by atoms with E-state index in [-0.39, 0.29) is 18.0 Å². The Bertz CT molecular complexity index is 299. The molecule has 0 aliphatic rings. The summed E-state index contributed by atoms with van der Waals surface area (Å²) in [6.45, 7) is 5.05. The summed E-state index contributed by atoms with van der Waals surface area (Å²) in [6.07, 6.45) is 1.13. The monoisotopic (exact) mass is 225 g/mol. The van der Waals surface area contributed by atoms with Crippen LogP contribution in [0, 0.1) is 5.82 Å². The van der Waals surface area contributed by atoms with Crippen LogP contribution in [0.4, 0.5) is 4.39 Å². The molecule has 0 radical (unpaired) electrons. The number of hydrogen-bond donors (Lipinski definition) is 1. The Hall–Kier alpha value is -0.930. The molecular formula is C13H20FNO. The first kappa shape index (κ1) is 13.1. The number of hydrogen-bond acceptors (Lipinski definition) is 2.